The highest BCUT2D eigenvalue weighted by molar-refractivity contribution is 7.85. The minimum Gasteiger partial charge on any atom is -0.462 e. The average Bonchev–Trinajstić information content (AvgIpc) is 3.31. The van der Waals surface area contributed by atoms with Gasteiger partial charge in [0.1, 0.15) is 36.8 Å². The molecule has 0 aliphatic carbocycles. The summed E-state index contributed by atoms with van der Waals surface area (Å²) in [6.45, 7) is 3.67. The van der Waals surface area contributed by atoms with E-state index in [1.165, 1.54) is 122 Å². The highest BCUT2D eigenvalue weighted by atomic mass is 32.2. The van der Waals surface area contributed by atoms with Crippen molar-refractivity contribution >= 4 is 22.1 Å². The van der Waals surface area contributed by atoms with E-state index in [1.807, 2.05) is 0 Å². The number of aliphatic hydroxyl groups is 3. The van der Waals surface area contributed by atoms with Gasteiger partial charge in [0, 0.05) is 12.8 Å². The Labute approximate surface area is 413 Å². The third kappa shape index (κ3) is 38.4. The Morgan fingerprint density at radius 1 is 0.515 bits per heavy atom. The Morgan fingerprint density at radius 2 is 0.926 bits per heavy atom. The van der Waals surface area contributed by atoms with Crippen LogP contribution in [0, 0.1) is 0 Å². The van der Waals surface area contributed by atoms with Gasteiger partial charge in [0.25, 0.3) is 10.1 Å². The van der Waals surface area contributed by atoms with Crippen molar-refractivity contribution in [2.75, 3.05) is 19.0 Å². The topological polar surface area (TPSA) is 186 Å². The summed E-state index contributed by atoms with van der Waals surface area (Å²) < 4.78 is 54.3. The van der Waals surface area contributed by atoms with Crippen LogP contribution < -0.4 is 0 Å². The zero-order valence-corrected chi connectivity index (χ0v) is 43.5. The molecule has 0 aromatic heterocycles. The Bertz CT molecular complexity index is 1430. The molecule has 1 heterocycles. The second kappa shape index (κ2) is 44.5. The lowest BCUT2D eigenvalue weighted by atomic mass is 10.00. The second-order valence-corrected chi connectivity index (χ2v) is 20.4. The zero-order valence-electron chi connectivity index (χ0n) is 42.7. The molecule has 1 saturated heterocycles. The van der Waals surface area contributed by atoms with Crippen molar-refractivity contribution in [2.24, 2.45) is 0 Å². The molecule has 0 radical (unpaired) electrons. The van der Waals surface area contributed by atoms with Crippen molar-refractivity contribution in [3.8, 4) is 0 Å². The Hall–Kier alpha value is -2.39. The molecule has 1 fully saturated rings. The summed E-state index contributed by atoms with van der Waals surface area (Å²) in [5.41, 5.74) is 0. The first-order valence-electron chi connectivity index (χ1n) is 27.2. The number of rotatable bonds is 46. The summed E-state index contributed by atoms with van der Waals surface area (Å²) in [4.78, 5) is 25.6. The maximum absolute atomic E-state index is 12.9. The monoisotopic (exact) mass is 983 g/mol. The number of hydrogen-bond donors (Lipinski definition) is 4. The van der Waals surface area contributed by atoms with Crippen molar-refractivity contribution in [3.05, 3.63) is 48.6 Å². The summed E-state index contributed by atoms with van der Waals surface area (Å²) >= 11 is 0. The Kier molecular flexibility index (Phi) is 41.7. The zero-order chi connectivity index (χ0) is 49.8. The lowest BCUT2D eigenvalue weighted by Crippen LogP contribution is -2.60. The molecule has 13 heteroatoms. The maximum atomic E-state index is 12.9. The third-order valence-corrected chi connectivity index (χ3v) is 13.2. The van der Waals surface area contributed by atoms with E-state index >= 15 is 0 Å². The molecular formula is C55H98O12S. The number of esters is 2. The van der Waals surface area contributed by atoms with Crippen LogP contribution in [0.3, 0.4) is 0 Å². The number of allylic oxidation sites excluding steroid dienone is 8. The fourth-order valence-corrected chi connectivity index (χ4v) is 8.95. The molecule has 0 amide bonds. The summed E-state index contributed by atoms with van der Waals surface area (Å²) in [7, 11) is -4.61. The van der Waals surface area contributed by atoms with E-state index in [-0.39, 0.29) is 19.4 Å². The van der Waals surface area contributed by atoms with Gasteiger partial charge in [0.05, 0.1) is 6.61 Å². The van der Waals surface area contributed by atoms with Crippen LogP contribution in [0.5, 0.6) is 0 Å². The number of ether oxygens (including phenoxy) is 4. The summed E-state index contributed by atoms with van der Waals surface area (Å²) in [6, 6.07) is 0. The van der Waals surface area contributed by atoms with Gasteiger partial charge in [-0.25, -0.2) is 0 Å². The van der Waals surface area contributed by atoms with Crippen molar-refractivity contribution < 1.29 is 56.8 Å². The first kappa shape index (κ1) is 63.6. The van der Waals surface area contributed by atoms with Gasteiger partial charge in [-0.3, -0.25) is 14.1 Å². The van der Waals surface area contributed by atoms with Crippen LogP contribution in [-0.2, 0) is 38.7 Å². The second-order valence-electron chi connectivity index (χ2n) is 18.9. The molecule has 0 aromatic rings. The van der Waals surface area contributed by atoms with Crippen LogP contribution in [0.1, 0.15) is 232 Å². The Morgan fingerprint density at radius 3 is 1.38 bits per heavy atom. The van der Waals surface area contributed by atoms with Gasteiger partial charge >= 0.3 is 11.9 Å². The first-order chi connectivity index (χ1) is 33.0. The molecule has 6 unspecified atom stereocenters. The number of hydrogen-bond acceptors (Lipinski definition) is 11. The van der Waals surface area contributed by atoms with E-state index in [0.29, 0.717) is 12.8 Å². The number of aliphatic hydroxyl groups excluding tert-OH is 3. The molecule has 68 heavy (non-hydrogen) atoms. The quantitative estimate of drug-likeness (QED) is 0.0196. The number of carbonyl (C=O) groups excluding carboxylic acids is 2. The van der Waals surface area contributed by atoms with E-state index in [0.717, 1.165) is 70.6 Å². The van der Waals surface area contributed by atoms with Crippen molar-refractivity contribution in [2.45, 2.75) is 269 Å². The van der Waals surface area contributed by atoms with Gasteiger partial charge < -0.3 is 34.3 Å². The smallest absolute Gasteiger partial charge is 0.306 e. The highest BCUT2D eigenvalue weighted by Gasteiger charge is 2.46. The highest BCUT2D eigenvalue weighted by Crippen LogP contribution is 2.24. The van der Waals surface area contributed by atoms with Crippen LogP contribution >= 0.6 is 0 Å². The van der Waals surface area contributed by atoms with Gasteiger partial charge in [0.15, 0.2) is 12.4 Å². The van der Waals surface area contributed by atoms with E-state index in [1.54, 1.807) is 0 Å². The summed E-state index contributed by atoms with van der Waals surface area (Å²) in [6.07, 6.45) is 45.9. The van der Waals surface area contributed by atoms with Gasteiger partial charge in [-0.2, -0.15) is 8.42 Å². The molecule has 0 aromatic carbocycles. The van der Waals surface area contributed by atoms with Crippen molar-refractivity contribution in [3.63, 3.8) is 0 Å². The molecule has 0 saturated carbocycles. The van der Waals surface area contributed by atoms with Crippen molar-refractivity contribution in [1.29, 1.82) is 0 Å². The predicted molar refractivity (Wildman–Crippen MR) is 275 cm³/mol. The van der Waals surface area contributed by atoms with Gasteiger partial charge in [0.2, 0.25) is 0 Å². The fourth-order valence-electron chi connectivity index (χ4n) is 8.26. The van der Waals surface area contributed by atoms with E-state index in [4.69, 9.17) is 18.9 Å². The van der Waals surface area contributed by atoms with Crippen LogP contribution in [0.4, 0.5) is 0 Å². The minimum absolute atomic E-state index is 0.137. The lowest BCUT2D eigenvalue weighted by molar-refractivity contribution is -0.297. The number of carbonyl (C=O) groups is 2. The van der Waals surface area contributed by atoms with Crippen LogP contribution in [0.2, 0.25) is 0 Å². The molecule has 1 rings (SSSR count). The molecule has 0 spiro atoms. The molecule has 6 atom stereocenters. The van der Waals surface area contributed by atoms with Gasteiger partial charge in [-0.1, -0.05) is 217 Å². The van der Waals surface area contributed by atoms with Crippen LogP contribution in [0.15, 0.2) is 48.6 Å². The molecule has 1 aliphatic heterocycles. The summed E-state index contributed by atoms with van der Waals surface area (Å²) in [5.74, 6) is -2.01. The first-order valence-corrected chi connectivity index (χ1v) is 28.8. The molecule has 12 nitrogen and oxygen atoms in total. The summed E-state index contributed by atoms with van der Waals surface area (Å²) in [5, 5.41) is 31.0. The molecular weight excluding hydrogens is 885 g/mol. The SMILES string of the molecule is CC/C=C\C/C=C\C/C=C\C/C=C\CCCCCCC(=O)OC(COC(=O)CCCCCCCCCCCCCCCCCCCCCCCCC)COC1OC(CS(=O)(=O)O)C(O)C(O)C1O. The fraction of sp³-hybridized carbons (Fsp3) is 0.818. The minimum atomic E-state index is -4.61. The largest absolute Gasteiger partial charge is 0.462 e. The molecule has 4 N–H and O–H groups in total. The number of unbranched alkanes of at least 4 members (excludes halogenated alkanes) is 26. The Balaban J connectivity index is 2.33. The lowest BCUT2D eigenvalue weighted by Gasteiger charge is -2.40. The van der Waals surface area contributed by atoms with E-state index < -0.39 is 71.2 Å². The van der Waals surface area contributed by atoms with Crippen molar-refractivity contribution in [1.82, 2.24) is 0 Å². The van der Waals surface area contributed by atoms with Crippen LogP contribution in [0.25, 0.3) is 0 Å². The van der Waals surface area contributed by atoms with E-state index in [2.05, 4.69) is 62.5 Å². The van der Waals surface area contributed by atoms with Gasteiger partial charge in [-0.05, 0) is 51.4 Å². The molecule has 1 aliphatic rings. The van der Waals surface area contributed by atoms with E-state index in [9.17, 15) is 37.9 Å². The van der Waals surface area contributed by atoms with Gasteiger partial charge in [-0.15, -0.1) is 0 Å². The maximum Gasteiger partial charge on any atom is 0.306 e. The van der Waals surface area contributed by atoms with Crippen LogP contribution in [-0.4, -0.2) is 96.0 Å². The normalized spacial score (nSPS) is 19.5. The molecule has 0 bridgehead atoms. The predicted octanol–water partition coefficient (Wildman–Crippen LogP) is 12.7. The third-order valence-electron chi connectivity index (χ3n) is 12.4. The average molecular weight is 983 g/mol. The standard InChI is InChI=1S/C55H98O12S/c1-3-5-7-9-11-13-15-17-19-21-22-23-24-25-26-28-29-31-33-35-37-39-41-43-50(56)64-45-48(46-65-55-54(60)53(59)52(58)49(67-55)47-68(61,62)63)66-51(57)44-42-40-38-36-34-32-30-27-20-18-16-14-12-10-8-6-4-2/h6,8,12,14,18,20,30,32,48-49,52-55,58-60H,3-5,7,9-11,13,15-17,19,21-29,31,33-47H2,1-2H3,(H,61,62,63)/b8-6-,14-12-,20-18-,32-30-. The molecule has 396 valence electrons.